The normalized spacial score (nSPS) is 20.0. The summed E-state index contributed by atoms with van der Waals surface area (Å²) in [6.07, 6.45) is 9.99. The second kappa shape index (κ2) is 8.62. The van der Waals surface area contributed by atoms with Crippen molar-refractivity contribution in [1.29, 1.82) is 5.26 Å². The summed E-state index contributed by atoms with van der Waals surface area (Å²) in [6.45, 7) is 2.92. The summed E-state index contributed by atoms with van der Waals surface area (Å²) in [7, 11) is 0. The first-order valence-electron chi connectivity index (χ1n) is 9.25. The molecule has 1 aliphatic rings. The Balaban J connectivity index is 1.61. The molecule has 0 radical (unpaired) electrons. The van der Waals surface area contributed by atoms with Crippen LogP contribution in [0.15, 0.2) is 36.7 Å². The van der Waals surface area contributed by atoms with Crippen molar-refractivity contribution in [3.8, 4) is 22.9 Å². The van der Waals surface area contributed by atoms with Crippen molar-refractivity contribution in [3.05, 3.63) is 42.5 Å². The van der Waals surface area contributed by atoms with E-state index in [0.717, 1.165) is 67.8 Å². The van der Waals surface area contributed by atoms with Crippen LogP contribution in [0.25, 0.3) is 11.1 Å². The SMILES string of the molecule is CCCCOc1ccc(-c2cnc([C@H]3CC[C@H](C#N)CC3)nc2)cc1. The minimum atomic E-state index is 0.216. The number of aromatic nitrogens is 2. The number of unbranched alkanes of at least 4 members (excludes halogenated alkanes) is 1. The first kappa shape index (κ1) is 17.4. The van der Waals surface area contributed by atoms with Crippen LogP contribution in [0.1, 0.15) is 57.2 Å². The topological polar surface area (TPSA) is 58.8 Å². The first-order valence-corrected chi connectivity index (χ1v) is 9.25. The van der Waals surface area contributed by atoms with Gasteiger partial charge in [-0.05, 0) is 49.8 Å². The van der Waals surface area contributed by atoms with Gasteiger partial charge in [0.05, 0.1) is 12.7 Å². The van der Waals surface area contributed by atoms with Crippen LogP contribution in [0.4, 0.5) is 0 Å². The van der Waals surface area contributed by atoms with E-state index in [1.54, 1.807) is 0 Å². The second-order valence-corrected chi connectivity index (χ2v) is 6.73. The summed E-state index contributed by atoms with van der Waals surface area (Å²) in [4.78, 5) is 9.17. The number of hydrogen-bond donors (Lipinski definition) is 0. The van der Waals surface area contributed by atoms with Gasteiger partial charge in [0.15, 0.2) is 0 Å². The van der Waals surface area contributed by atoms with Gasteiger partial charge in [-0.25, -0.2) is 9.97 Å². The first-order chi connectivity index (χ1) is 12.3. The molecule has 0 atom stereocenters. The second-order valence-electron chi connectivity index (χ2n) is 6.73. The number of nitriles is 1. The molecule has 25 heavy (non-hydrogen) atoms. The Morgan fingerprint density at radius 2 is 1.72 bits per heavy atom. The third-order valence-corrected chi connectivity index (χ3v) is 4.90. The summed E-state index contributed by atoms with van der Waals surface area (Å²) < 4.78 is 5.70. The predicted molar refractivity (Wildman–Crippen MR) is 98.2 cm³/mol. The van der Waals surface area contributed by atoms with Crippen LogP contribution in [0.2, 0.25) is 0 Å². The van der Waals surface area contributed by atoms with Gasteiger partial charge in [0, 0.05) is 29.8 Å². The van der Waals surface area contributed by atoms with Crippen LogP contribution in [0, 0.1) is 17.2 Å². The summed E-state index contributed by atoms with van der Waals surface area (Å²) in [6, 6.07) is 10.5. The zero-order valence-electron chi connectivity index (χ0n) is 14.8. The van der Waals surface area contributed by atoms with Gasteiger partial charge in [-0.2, -0.15) is 5.26 Å². The van der Waals surface area contributed by atoms with E-state index in [-0.39, 0.29) is 5.92 Å². The quantitative estimate of drug-likeness (QED) is 0.687. The van der Waals surface area contributed by atoms with E-state index >= 15 is 0 Å². The molecule has 3 rings (SSSR count). The fourth-order valence-electron chi connectivity index (χ4n) is 3.26. The number of nitrogens with zero attached hydrogens (tertiary/aromatic N) is 3. The number of hydrogen-bond acceptors (Lipinski definition) is 4. The molecule has 0 bridgehead atoms. The van der Waals surface area contributed by atoms with Gasteiger partial charge >= 0.3 is 0 Å². The molecule has 0 spiro atoms. The monoisotopic (exact) mass is 335 g/mol. The lowest BCUT2D eigenvalue weighted by Crippen LogP contribution is -2.14. The highest BCUT2D eigenvalue weighted by Crippen LogP contribution is 2.34. The minimum Gasteiger partial charge on any atom is -0.494 e. The molecule has 1 heterocycles. The largest absolute Gasteiger partial charge is 0.494 e. The smallest absolute Gasteiger partial charge is 0.131 e. The molecule has 0 aliphatic heterocycles. The van der Waals surface area contributed by atoms with Gasteiger partial charge in [-0.1, -0.05) is 25.5 Å². The Morgan fingerprint density at radius 1 is 1.04 bits per heavy atom. The fourth-order valence-corrected chi connectivity index (χ4v) is 3.26. The zero-order valence-corrected chi connectivity index (χ0v) is 14.8. The fraction of sp³-hybridized carbons (Fsp3) is 0.476. The maximum atomic E-state index is 9.00. The predicted octanol–water partition coefficient (Wildman–Crippen LogP) is 5.12. The van der Waals surface area contributed by atoms with Crippen molar-refractivity contribution in [2.75, 3.05) is 6.61 Å². The maximum Gasteiger partial charge on any atom is 0.131 e. The molecule has 1 aromatic carbocycles. The minimum absolute atomic E-state index is 0.216. The molecule has 1 aromatic heterocycles. The number of rotatable bonds is 6. The highest BCUT2D eigenvalue weighted by atomic mass is 16.5. The van der Waals surface area contributed by atoms with E-state index in [1.807, 2.05) is 24.5 Å². The van der Waals surface area contributed by atoms with Crippen LogP contribution >= 0.6 is 0 Å². The highest BCUT2D eigenvalue weighted by molar-refractivity contribution is 5.62. The van der Waals surface area contributed by atoms with Gasteiger partial charge in [-0.3, -0.25) is 0 Å². The average Bonchev–Trinajstić information content (AvgIpc) is 2.69. The van der Waals surface area contributed by atoms with Gasteiger partial charge in [0.25, 0.3) is 0 Å². The Hall–Kier alpha value is -2.41. The van der Waals surface area contributed by atoms with Crippen molar-refractivity contribution in [2.24, 2.45) is 5.92 Å². The molecule has 0 N–H and O–H groups in total. The molecule has 1 aliphatic carbocycles. The lowest BCUT2D eigenvalue weighted by atomic mass is 9.82. The van der Waals surface area contributed by atoms with Crippen LogP contribution in [-0.4, -0.2) is 16.6 Å². The van der Waals surface area contributed by atoms with E-state index in [4.69, 9.17) is 10.00 Å². The molecular weight excluding hydrogens is 310 g/mol. The zero-order chi connectivity index (χ0) is 17.5. The summed E-state index contributed by atoms with van der Waals surface area (Å²) >= 11 is 0. The lowest BCUT2D eigenvalue weighted by molar-refractivity contribution is 0.309. The van der Waals surface area contributed by atoms with Crippen molar-refractivity contribution >= 4 is 0 Å². The maximum absolute atomic E-state index is 9.00. The summed E-state index contributed by atoms with van der Waals surface area (Å²) in [5.41, 5.74) is 2.12. The molecule has 0 saturated heterocycles. The average molecular weight is 335 g/mol. The van der Waals surface area contributed by atoms with Crippen LogP contribution in [0.5, 0.6) is 5.75 Å². The molecule has 0 amide bonds. The Morgan fingerprint density at radius 3 is 2.32 bits per heavy atom. The van der Waals surface area contributed by atoms with Crippen LogP contribution in [0.3, 0.4) is 0 Å². The van der Waals surface area contributed by atoms with Crippen LogP contribution in [-0.2, 0) is 0 Å². The highest BCUT2D eigenvalue weighted by Gasteiger charge is 2.23. The molecule has 2 aromatic rings. The molecule has 130 valence electrons. The van der Waals surface area contributed by atoms with Crippen molar-refractivity contribution in [1.82, 2.24) is 9.97 Å². The molecular formula is C21H25N3O. The van der Waals surface area contributed by atoms with Gasteiger partial charge in [0.1, 0.15) is 11.6 Å². The van der Waals surface area contributed by atoms with E-state index in [9.17, 15) is 0 Å². The van der Waals surface area contributed by atoms with Crippen molar-refractivity contribution < 1.29 is 4.74 Å². The Labute approximate surface area is 149 Å². The van der Waals surface area contributed by atoms with E-state index in [0.29, 0.717) is 5.92 Å². The Kier molecular flexibility index (Phi) is 6.00. The van der Waals surface area contributed by atoms with Gasteiger partial charge in [-0.15, -0.1) is 0 Å². The molecule has 1 saturated carbocycles. The molecule has 0 unspecified atom stereocenters. The number of ether oxygens (including phenoxy) is 1. The lowest BCUT2D eigenvalue weighted by Gasteiger charge is -2.23. The summed E-state index contributed by atoms with van der Waals surface area (Å²) in [5, 5.41) is 9.00. The number of benzene rings is 1. The van der Waals surface area contributed by atoms with E-state index < -0.39 is 0 Å². The van der Waals surface area contributed by atoms with Crippen molar-refractivity contribution in [2.45, 2.75) is 51.4 Å². The molecule has 4 nitrogen and oxygen atoms in total. The van der Waals surface area contributed by atoms with E-state index in [1.165, 1.54) is 0 Å². The van der Waals surface area contributed by atoms with E-state index in [2.05, 4.69) is 35.1 Å². The standard InChI is InChI=1S/C21H25N3O/c1-2-3-12-25-20-10-8-17(9-11-20)19-14-23-21(24-15-19)18-6-4-16(13-22)5-7-18/h8-11,14-16,18H,2-7,12H2,1H3/t16-,18-. The Bertz CT molecular complexity index is 695. The van der Waals surface area contributed by atoms with Crippen LogP contribution < -0.4 is 4.74 Å². The third-order valence-electron chi connectivity index (χ3n) is 4.90. The third kappa shape index (κ3) is 4.57. The summed E-state index contributed by atoms with van der Waals surface area (Å²) in [5.74, 6) is 2.44. The van der Waals surface area contributed by atoms with Gasteiger partial charge < -0.3 is 4.74 Å². The molecule has 1 fully saturated rings. The van der Waals surface area contributed by atoms with Crippen molar-refractivity contribution in [3.63, 3.8) is 0 Å². The molecule has 4 heteroatoms. The van der Waals surface area contributed by atoms with Gasteiger partial charge in [0.2, 0.25) is 0 Å².